The standard InChI is InChI=1S/C120H95BN4/c1-118(2,3)92-69-90(70-93(73-92)119(4,5)6)91-71-113-115-114(72-91)125(117-103(81-41-20-13-21-42-81)74-94(120(7,8)9)75-104(117)89-50-33-48-87(68-89)85-46-31-44-83(66-85)79-37-16-11-17-38-79)112-77-96(123-109-59-28-24-53-101(109)102-54-25-29-60-110(102)123)62-64-106(112)121(115)105-63-61-95(122-107-57-26-22-51-99(107)100-52-23-27-58-108(100)122)76-111(105)124(113)116-97(80-39-18-12-19-40-80)55-34-56-98(116)88-49-32-47-86(67-88)84-45-30-43-82(65-84)78-35-14-10-15-36-78/h10-77H,1-9H3. The van der Waals surface area contributed by atoms with Crippen LogP contribution in [-0.2, 0) is 16.2 Å². The molecule has 0 atom stereocenters. The van der Waals surface area contributed by atoms with Gasteiger partial charge in [0.05, 0.1) is 33.4 Å². The highest BCUT2D eigenvalue weighted by Crippen LogP contribution is 2.56. The van der Waals surface area contributed by atoms with E-state index >= 15 is 0 Å². The fourth-order valence-corrected chi connectivity index (χ4v) is 19.9. The Bertz CT molecular complexity index is 7520. The second kappa shape index (κ2) is 30.1. The average Bonchev–Trinajstić information content (AvgIpc) is 0.925. The number of aromatic nitrogens is 2. The van der Waals surface area contributed by atoms with E-state index in [0.29, 0.717) is 0 Å². The van der Waals surface area contributed by atoms with Crippen molar-refractivity contribution < 1.29 is 0 Å². The first-order chi connectivity index (χ1) is 60.9. The number of hydrogen-bond acceptors (Lipinski definition) is 2. The molecule has 0 aliphatic carbocycles. The molecule has 20 aromatic rings. The summed E-state index contributed by atoms with van der Waals surface area (Å²) in [6.07, 6.45) is 0. The maximum atomic E-state index is 2.77. The summed E-state index contributed by atoms with van der Waals surface area (Å²) in [5.74, 6) is 0. The lowest BCUT2D eigenvalue weighted by atomic mass is 9.33. The topological polar surface area (TPSA) is 16.3 Å². The van der Waals surface area contributed by atoms with Crippen molar-refractivity contribution in [2.45, 2.75) is 78.6 Å². The molecule has 2 aliphatic rings. The number of para-hydroxylation sites is 5. The lowest BCUT2D eigenvalue weighted by molar-refractivity contribution is 0.569. The fourth-order valence-electron chi connectivity index (χ4n) is 19.9. The number of benzene rings is 18. The van der Waals surface area contributed by atoms with Crippen LogP contribution in [0.2, 0.25) is 0 Å². The molecule has 0 amide bonds. The summed E-state index contributed by atoms with van der Waals surface area (Å²) in [5.41, 5.74) is 40.5. The van der Waals surface area contributed by atoms with Crippen LogP contribution >= 0.6 is 0 Å². The molecule has 22 rings (SSSR count). The van der Waals surface area contributed by atoms with Gasteiger partial charge in [0, 0.05) is 77.9 Å². The van der Waals surface area contributed by atoms with Gasteiger partial charge in [-0.2, -0.15) is 0 Å². The van der Waals surface area contributed by atoms with Gasteiger partial charge in [0.2, 0.25) is 0 Å². The Morgan fingerprint density at radius 3 is 0.864 bits per heavy atom. The van der Waals surface area contributed by atoms with Crippen LogP contribution in [-0.4, -0.2) is 15.8 Å². The molecule has 0 saturated heterocycles. The first kappa shape index (κ1) is 76.4. The van der Waals surface area contributed by atoms with Crippen molar-refractivity contribution in [2.24, 2.45) is 0 Å². The minimum absolute atomic E-state index is 0.210. The van der Waals surface area contributed by atoms with Gasteiger partial charge in [-0.25, -0.2) is 0 Å². The lowest BCUT2D eigenvalue weighted by Gasteiger charge is -2.46. The smallest absolute Gasteiger partial charge is 0.252 e. The molecule has 2 aromatic heterocycles. The van der Waals surface area contributed by atoms with E-state index in [1.165, 1.54) is 76.9 Å². The van der Waals surface area contributed by atoms with Crippen LogP contribution in [0.5, 0.6) is 0 Å². The molecule has 0 radical (unpaired) electrons. The molecule has 125 heavy (non-hydrogen) atoms. The van der Waals surface area contributed by atoms with Gasteiger partial charge in [-0.3, -0.25) is 0 Å². The third kappa shape index (κ3) is 13.3. The third-order valence-corrected chi connectivity index (χ3v) is 26.3. The second-order valence-electron chi connectivity index (χ2n) is 37.2. The molecule has 0 spiro atoms. The van der Waals surface area contributed by atoms with Crippen molar-refractivity contribution in [2.75, 3.05) is 9.80 Å². The van der Waals surface area contributed by atoms with Crippen LogP contribution in [0.3, 0.4) is 0 Å². The van der Waals surface area contributed by atoms with Gasteiger partial charge >= 0.3 is 0 Å². The van der Waals surface area contributed by atoms with Gasteiger partial charge in [0.1, 0.15) is 0 Å². The molecule has 0 N–H and O–H groups in total. The van der Waals surface area contributed by atoms with Crippen molar-refractivity contribution in [3.8, 4) is 112 Å². The Balaban J connectivity index is 0.913. The largest absolute Gasteiger partial charge is 0.310 e. The molecular weight excluding hydrogens is 1510 g/mol. The Morgan fingerprint density at radius 1 is 0.192 bits per heavy atom. The second-order valence-corrected chi connectivity index (χ2v) is 37.2. The zero-order chi connectivity index (χ0) is 84.6. The van der Waals surface area contributed by atoms with Gasteiger partial charge in [-0.05, 0) is 224 Å². The summed E-state index contributed by atoms with van der Waals surface area (Å²) in [7, 11) is 0. The molecule has 4 heterocycles. The van der Waals surface area contributed by atoms with Crippen molar-refractivity contribution in [1.29, 1.82) is 0 Å². The third-order valence-electron chi connectivity index (χ3n) is 26.3. The molecule has 18 aromatic carbocycles. The van der Waals surface area contributed by atoms with Gasteiger partial charge < -0.3 is 18.9 Å². The van der Waals surface area contributed by atoms with E-state index in [-0.39, 0.29) is 23.0 Å². The van der Waals surface area contributed by atoms with Crippen LogP contribution < -0.4 is 26.2 Å². The Morgan fingerprint density at radius 2 is 0.472 bits per heavy atom. The molecule has 0 fully saturated rings. The highest BCUT2D eigenvalue weighted by molar-refractivity contribution is 7.00. The molecule has 0 unspecified atom stereocenters. The SMILES string of the molecule is CC(C)(C)c1cc(-c2cc3c4c(c2)N(c2c(-c5ccccc5)cc(C(C)(C)C)cc2-c2cccc(-c5cccc(-c6ccccc6)c5)c2)c2cc(-n5c6ccccc6c6ccccc65)ccc2B4c2ccc(-n4c5ccccc5c5ccccc54)cc2N3c2c(-c3ccccc3)cccc2-c2cccc(-c3cccc(-c4ccccc4)c3)c2)cc(C(C)(C)C)c1. The fraction of sp³-hybridized carbons (Fsp3) is 0.100. The van der Waals surface area contributed by atoms with Gasteiger partial charge in [0.15, 0.2) is 0 Å². The summed E-state index contributed by atoms with van der Waals surface area (Å²) in [6, 6.07) is 157. The summed E-state index contributed by atoms with van der Waals surface area (Å²) in [6.45, 7) is 21.1. The van der Waals surface area contributed by atoms with Crippen LogP contribution in [0.1, 0.15) is 79.0 Å². The van der Waals surface area contributed by atoms with Crippen LogP contribution in [0, 0.1) is 0 Å². The number of nitrogens with zero attached hydrogens (tertiary/aromatic N) is 4. The predicted molar refractivity (Wildman–Crippen MR) is 534 cm³/mol. The number of anilines is 6. The summed E-state index contributed by atoms with van der Waals surface area (Å²) in [4.78, 5) is 5.51. The molecule has 4 nitrogen and oxygen atoms in total. The first-order valence-corrected chi connectivity index (χ1v) is 44.0. The molecule has 0 saturated carbocycles. The Hall–Kier alpha value is -14.8. The van der Waals surface area contributed by atoms with Gasteiger partial charge in [-0.15, -0.1) is 0 Å². The van der Waals surface area contributed by atoms with Crippen molar-refractivity contribution in [3.05, 3.63) is 429 Å². The summed E-state index contributed by atoms with van der Waals surface area (Å²) >= 11 is 0. The maximum Gasteiger partial charge on any atom is 0.252 e. The molecular formula is C120H95BN4. The van der Waals surface area contributed by atoms with Crippen molar-refractivity contribution in [1.82, 2.24) is 9.13 Å². The van der Waals surface area contributed by atoms with Crippen LogP contribution in [0.4, 0.5) is 34.1 Å². The van der Waals surface area contributed by atoms with Crippen molar-refractivity contribution >= 4 is 101 Å². The average molecular weight is 1600 g/mol. The van der Waals surface area contributed by atoms with E-state index in [0.717, 1.165) is 145 Å². The van der Waals surface area contributed by atoms with Crippen molar-refractivity contribution in [3.63, 3.8) is 0 Å². The van der Waals surface area contributed by atoms with E-state index in [9.17, 15) is 0 Å². The number of hydrogen-bond donors (Lipinski definition) is 0. The first-order valence-electron chi connectivity index (χ1n) is 44.0. The molecule has 2 aliphatic heterocycles. The van der Waals surface area contributed by atoms with Crippen LogP contribution in [0.15, 0.2) is 413 Å². The predicted octanol–water partition coefficient (Wildman–Crippen LogP) is 30.9. The Labute approximate surface area is 734 Å². The lowest BCUT2D eigenvalue weighted by Crippen LogP contribution is -2.61. The minimum atomic E-state index is -0.331. The normalized spacial score (nSPS) is 12.6. The molecule has 5 heteroatoms. The van der Waals surface area contributed by atoms with E-state index in [4.69, 9.17) is 0 Å². The molecule has 598 valence electrons. The molecule has 0 bridgehead atoms. The van der Waals surface area contributed by atoms with E-state index in [2.05, 4.69) is 494 Å². The number of fused-ring (bicyclic) bond motifs is 10. The maximum absolute atomic E-state index is 2.77. The van der Waals surface area contributed by atoms with E-state index < -0.39 is 0 Å². The monoisotopic (exact) mass is 1600 g/mol. The quantitative estimate of drug-likeness (QED) is 0.107. The minimum Gasteiger partial charge on any atom is -0.310 e. The zero-order valence-corrected chi connectivity index (χ0v) is 72.1. The zero-order valence-electron chi connectivity index (χ0n) is 72.1. The highest BCUT2D eigenvalue weighted by Gasteiger charge is 2.46. The van der Waals surface area contributed by atoms with Crippen LogP contribution in [0.25, 0.3) is 155 Å². The Kier molecular flexibility index (Phi) is 18.4. The number of rotatable bonds is 13. The van der Waals surface area contributed by atoms with E-state index in [1.54, 1.807) is 0 Å². The van der Waals surface area contributed by atoms with Gasteiger partial charge in [0.25, 0.3) is 6.71 Å². The summed E-state index contributed by atoms with van der Waals surface area (Å²) < 4.78 is 5.04. The van der Waals surface area contributed by atoms with E-state index in [1.807, 2.05) is 0 Å². The summed E-state index contributed by atoms with van der Waals surface area (Å²) in [5, 5.41) is 4.85. The van der Waals surface area contributed by atoms with Gasteiger partial charge in [-0.1, -0.05) is 378 Å². The highest BCUT2D eigenvalue weighted by atomic mass is 15.2.